The Balaban J connectivity index is 2.08. The van der Waals surface area contributed by atoms with E-state index in [0.717, 1.165) is 28.4 Å². The van der Waals surface area contributed by atoms with Crippen LogP contribution in [-0.4, -0.2) is 23.1 Å². The van der Waals surface area contributed by atoms with Gasteiger partial charge in [0.2, 0.25) is 0 Å². The van der Waals surface area contributed by atoms with E-state index in [9.17, 15) is 10.1 Å². The molecular formula is C14H15NO2S2. The first-order valence-electron chi connectivity index (χ1n) is 6.02. The normalized spacial score (nSPS) is 15.8. The molecule has 5 heteroatoms. The highest BCUT2D eigenvalue weighted by molar-refractivity contribution is 8.00. The van der Waals surface area contributed by atoms with E-state index in [2.05, 4.69) is 6.07 Å². The van der Waals surface area contributed by atoms with Crippen LogP contribution in [0, 0.1) is 16.7 Å². The molecule has 0 spiro atoms. The molecule has 0 heterocycles. The number of carbonyl (C=O) groups is 1. The van der Waals surface area contributed by atoms with Crippen molar-refractivity contribution >= 4 is 29.5 Å². The topological polar surface area (TPSA) is 61.1 Å². The Morgan fingerprint density at radius 3 is 2.68 bits per heavy atom. The van der Waals surface area contributed by atoms with E-state index in [1.54, 1.807) is 23.5 Å². The molecule has 3 nitrogen and oxygen atoms in total. The minimum atomic E-state index is -0.725. The van der Waals surface area contributed by atoms with Gasteiger partial charge < -0.3 is 5.11 Å². The molecule has 1 N–H and O–H groups in total. The Bertz CT molecular complexity index is 533. The number of benzene rings is 1. The zero-order chi connectivity index (χ0) is 13.9. The summed E-state index contributed by atoms with van der Waals surface area (Å²) in [5.74, 6) is 0.0581. The van der Waals surface area contributed by atoms with Crippen molar-refractivity contribution in [3.05, 3.63) is 23.8 Å². The molecule has 1 saturated carbocycles. The molecule has 0 saturated heterocycles. The molecule has 1 fully saturated rings. The van der Waals surface area contributed by atoms with Crippen molar-refractivity contribution in [2.45, 2.75) is 29.1 Å². The number of nitriles is 1. The van der Waals surface area contributed by atoms with Crippen LogP contribution in [0.2, 0.25) is 0 Å². The van der Waals surface area contributed by atoms with Crippen LogP contribution in [0.25, 0.3) is 0 Å². The highest BCUT2D eigenvalue weighted by Gasteiger charge is 2.44. The number of carboxylic acid groups (broad SMARTS) is 1. The van der Waals surface area contributed by atoms with Gasteiger partial charge in [0.25, 0.3) is 0 Å². The van der Waals surface area contributed by atoms with Crippen LogP contribution in [0.5, 0.6) is 0 Å². The Kier molecular flexibility index (Phi) is 4.43. The van der Waals surface area contributed by atoms with Crippen molar-refractivity contribution in [2.24, 2.45) is 5.41 Å². The van der Waals surface area contributed by atoms with Crippen LogP contribution in [0.4, 0.5) is 0 Å². The summed E-state index contributed by atoms with van der Waals surface area (Å²) in [6.07, 6.45) is 4.16. The standard InChI is InChI=1S/C14H15NO2S2/c1-18-11-3-2-4-12(10(11)8-15)19-9-14(5-6-14)7-13(16)17/h2-4H,5-7,9H2,1H3,(H,16,17). The molecule has 0 aliphatic heterocycles. The molecule has 19 heavy (non-hydrogen) atoms. The van der Waals surface area contributed by atoms with Gasteiger partial charge in [-0.3, -0.25) is 4.79 Å². The second-order valence-corrected chi connectivity index (χ2v) is 6.67. The zero-order valence-corrected chi connectivity index (χ0v) is 12.3. The van der Waals surface area contributed by atoms with E-state index >= 15 is 0 Å². The third kappa shape index (κ3) is 3.46. The first-order chi connectivity index (χ1) is 9.10. The van der Waals surface area contributed by atoms with Crippen LogP contribution in [0.15, 0.2) is 28.0 Å². The van der Waals surface area contributed by atoms with Gasteiger partial charge in [-0.15, -0.1) is 23.5 Å². The second-order valence-electron chi connectivity index (χ2n) is 4.80. The van der Waals surface area contributed by atoms with Crippen molar-refractivity contribution in [3.63, 3.8) is 0 Å². The predicted octanol–water partition coefficient (Wildman–Crippen LogP) is 3.63. The zero-order valence-electron chi connectivity index (χ0n) is 10.7. The van der Waals surface area contributed by atoms with Crippen molar-refractivity contribution < 1.29 is 9.90 Å². The molecule has 1 aromatic rings. The number of aliphatic carboxylic acids is 1. The van der Waals surface area contributed by atoms with E-state index in [0.29, 0.717) is 5.56 Å². The lowest BCUT2D eigenvalue weighted by Gasteiger charge is -2.13. The van der Waals surface area contributed by atoms with Crippen LogP contribution in [0.1, 0.15) is 24.8 Å². The molecule has 0 atom stereocenters. The number of hydrogen-bond donors (Lipinski definition) is 1. The molecule has 0 unspecified atom stereocenters. The number of thioether (sulfide) groups is 2. The maximum atomic E-state index is 10.8. The lowest BCUT2D eigenvalue weighted by Crippen LogP contribution is -2.11. The summed E-state index contributed by atoms with van der Waals surface area (Å²) in [7, 11) is 0. The van der Waals surface area contributed by atoms with Crippen molar-refractivity contribution in [2.75, 3.05) is 12.0 Å². The van der Waals surface area contributed by atoms with Gasteiger partial charge in [0.15, 0.2) is 0 Å². The molecule has 0 amide bonds. The van der Waals surface area contributed by atoms with Gasteiger partial charge in [0.1, 0.15) is 6.07 Å². The molecular weight excluding hydrogens is 278 g/mol. The third-order valence-corrected chi connectivity index (χ3v) is 5.52. The summed E-state index contributed by atoms with van der Waals surface area (Å²) in [6, 6.07) is 8.09. The lowest BCUT2D eigenvalue weighted by atomic mass is 10.1. The average Bonchev–Trinajstić information content (AvgIpc) is 3.14. The molecule has 0 aromatic heterocycles. The highest BCUT2D eigenvalue weighted by atomic mass is 32.2. The predicted molar refractivity (Wildman–Crippen MR) is 77.6 cm³/mol. The monoisotopic (exact) mass is 293 g/mol. The third-order valence-electron chi connectivity index (χ3n) is 3.34. The van der Waals surface area contributed by atoms with Crippen LogP contribution in [0.3, 0.4) is 0 Å². The minimum Gasteiger partial charge on any atom is -0.481 e. The van der Waals surface area contributed by atoms with E-state index in [1.165, 1.54) is 0 Å². The molecule has 100 valence electrons. The van der Waals surface area contributed by atoms with E-state index in [1.807, 2.05) is 24.5 Å². The summed E-state index contributed by atoms with van der Waals surface area (Å²) in [5, 5.41) is 18.2. The van der Waals surface area contributed by atoms with E-state index in [-0.39, 0.29) is 11.8 Å². The van der Waals surface area contributed by atoms with Gasteiger partial charge in [-0.1, -0.05) is 6.07 Å². The summed E-state index contributed by atoms with van der Waals surface area (Å²) >= 11 is 3.18. The largest absolute Gasteiger partial charge is 0.481 e. The molecule has 1 aromatic carbocycles. The fraction of sp³-hybridized carbons (Fsp3) is 0.429. The smallest absolute Gasteiger partial charge is 0.303 e. The summed E-state index contributed by atoms with van der Waals surface area (Å²) in [5.41, 5.74) is 0.671. The van der Waals surface area contributed by atoms with Crippen LogP contribution >= 0.6 is 23.5 Å². The Labute approximate surface area is 121 Å². The number of rotatable bonds is 6. The van der Waals surface area contributed by atoms with Gasteiger partial charge >= 0.3 is 5.97 Å². The van der Waals surface area contributed by atoms with E-state index in [4.69, 9.17) is 5.11 Å². The highest BCUT2D eigenvalue weighted by Crippen LogP contribution is 2.52. The molecule has 1 aliphatic carbocycles. The quantitative estimate of drug-likeness (QED) is 0.812. The van der Waals surface area contributed by atoms with Crippen LogP contribution < -0.4 is 0 Å². The molecule has 0 bridgehead atoms. The minimum absolute atomic E-state index is 0.0431. The summed E-state index contributed by atoms with van der Waals surface area (Å²) in [6.45, 7) is 0. The van der Waals surface area contributed by atoms with Crippen molar-refractivity contribution in [1.29, 1.82) is 5.26 Å². The first kappa shape index (κ1) is 14.3. The molecule has 2 rings (SSSR count). The number of hydrogen-bond acceptors (Lipinski definition) is 4. The van der Waals surface area contributed by atoms with E-state index < -0.39 is 5.97 Å². The molecule has 0 radical (unpaired) electrons. The van der Waals surface area contributed by atoms with Crippen molar-refractivity contribution in [1.82, 2.24) is 0 Å². The first-order valence-corrected chi connectivity index (χ1v) is 8.23. The molecule has 1 aliphatic rings. The van der Waals surface area contributed by atoms with Gasteiger partial charge in [-0.05, 0) is 36.6 Å². The van der Waals surface area contributed by atoms with Crippen molar-refractivity contribution in [3.8, 4) is 6.07 Å². The lowest BCUT2D eigenvalue weighted by molar-refractivity contribution is -0.138. The maximum absolute atomic E-state index is 10.8. The Morgan fingerprint density at radius 1 is 1.47 bits per heavy atom. The summed E-state index contributed by atoms with van der Waals surface area (Å²) in [4.78, 5) is 12.8. The van der Waals surface area contributed by atoms with Gasteiger partial charge in [0, 0.05) is 15.5 Å². The van der Waals surface area contributed by atoms with Gasteiger partial charge in [-0.25, -0.2) is 0 Å². The number of nitrogens with zero attached hydrogens (tertiary/aromatic N) is 1. The van der Waals surface area contributed by atoms with Gasteiger partial charge in [-0.2, -0.15) is 5.26 Å². The SMILES string of the molecule is CSc1cccc(SCC2(CC(=O)O)CC2)c1C#N. The second kappa shape index (κ2) is 5.89. The maximum Gasteiger partial charge on any atom is 0.303 e. The Hall–Kier alpha value is -1.12. The fourth-order valence-electron chi connectivity index (χ4n) is 2.01. The van der Waals surface area contributed by atoms with Crippen LogP contribution in [-0.2, 0) is 4.79 Å². The Morgan fingerprint density at radius 2 is 2.16 bits per heavy atom. The fourth-order valence-corrected chi connectivity index (χ4v) is 3.98. The number of carboxylic acids is 1. The average molecular weight is 293 g/mol. The summed E-state index contributed by atoms with van der Waals surface area (Å²) < 4.78 is 0. The van der Waals surface area contributed by atoms with Gasteiger partial charge in [0.05, 0.1) is 12.0 Å².